The Morgan fingerprint density at radius 1 is 1.48 bits per heavy atom. The maximum atomic E-state index is 12.5. The molecule has 1 aromatic rings. The second-order valence-electron chi connectivity index (χ2n) is 8.44. The summed E-state index contributed by atoms with van der Waals surface area (Å²) in [5.74, 6) is -0.621. The highest BCUT2D eigenvalue weighted by Gasteiger charge is 2.43. The van der Waals surface area contributed by atoms with Crippen LogP contribution in [0.1, 0.15) is 55.9 Å². The molecule has 1 saturated heterocycles. The molecule has 12 heteroatoms. The number of nitrogens with zero attached hydrogens (tertiary/aromatic N) is 2. The van der Waals surface area contributed by atoms with Gasteiger partial charge in [-0.2, -0.15) is 13.2 Å². The number of carbonyl (C=O) groups is 2. The monoisotopic (exact) mass is 508 g/mol. The van der Waals surface area contributed by atoms with Gasteiger partial charge in [0.1, 0.15) is 6.10 Å². The predicted molar refractivity (Wildman–Crippen MR) is 118 cm³/mol. The minimum Gasteiger partial charge on any atom is -0.476 e. The highest BCUT2D eigenvalue weighted by molar-refractivity contribution is 8.01. The summed E-state index contributed by atoms with van der Waals surface area (Å²) in [6.07, 6.45) is -1.03. The van der Waals surface area contributed by atoms with Crippen molar-refractivity contribution in [3.8, 4) is 0 Å². The number of alkyl halides is 3. The van der Waals surface area contributed by atoms with E-state index in [1.54, 1.807) is 19.1 Å². The maximum absolute atomic E-state index is 12.5. The number of cyclic esters (lactones) is 1. The van der Waals surface area contributed by atoms with Crippen molar-refractivity contribution < 1.29 is 37.7 Å². The molecule has 1 aliphatic heterocycles. The Hall–Kier alpha value is -1.79. The maximum Gasteiger partial charge on any atom is 0.410 e. The number of carboxylic acids is 1. The number of halogens is 3. The fraction of sp³-hybridized carbons (Fsp3) is 0.667. The smallest absolute Gasteiger partial charge is 0.410 e. The number of carbonyl (C=O) groups excluding carboxylic acids is 1. The molecule has 2 heterocycles. The highest BCUT2D eigenvalue weighted by atomic mass is 32.2. The van der Waals surface area contributed by atoms with Crippen molar-refractivity contribution in [2.24, 2.45) is 5.41 Å². The van der Waals surface area contributed by atoms with E-state index in [4.69, 9.17) is 9.84 Å². The van der Waals surface area contributed by atoms with E-state index in [1.807, 2.05) is 0 Å². The van der Waals surface area contributed by atoms with Crippen molar-refractivity contribution in [1.29, 1.82) is 0 Å². The zero-order valence-corrected chi connectivity index (χ0v) is 19.7. The quantitative estimate of drug-likeness (QED) is 0.322. The molecule has 1 amide bonds. The van der Waals surface area contributed by atoms with Gasteiger partial charge < -0.3 is 14.9 Å². The molecule has 184 valence electrons. The molecule has 7 nitrogen and oxygen atoms in total. The van der Waals surface area contributed by atoms with Crippen LogP contribution in [0.15, 0.2) is 21.9 Å². The van der Waals surface area contributed by atoms with Gasteiger partial charge in [0.25, 0.3) is 0 Å². The Balaban J connectivity index is 1.56. The molecule has 2 fully saturated rings. The number of aromatic carboxylic acids is 1. The van der Waals surface area contributed by atoms with E-state index >= 15 is 0 Å². The molecule has 0 spiro atoms. The third-order valence-electron chi connectivity index (χ3n) is 6.22. The lowest BCUT2D eigenvalue weighted by Gasteiger charge is -2.45. The number of thiazole rings is 1. The standard InChI is InChI=1S/C21H27F3N2O5S2/c1-13-15(4-5-16(27)20(6-2-7-20)8-3-9-21(22,23)24)26(19(30)31-13)10-11-32-18-25-14(12-33-18)17(28)29/h4-5,12-13,15-16,27H,2-3,6-11H2,1H3,(H,28,29)/t13-,15-,16?/m0/s1. The topological polar surface area (TPSA) is 100.0 Å². The molecule has 3 atom stereocenters. The lowest BCUT2D eigenvalue weighted by Crippen LogP contribution is -2.41. The van der Waals surface area contributed by atoms with Crippen LogP contribution in [0, 0.1) is 5.41 Å². The van der Waals surface area contributed by atoms with E-state index in [0.717, 1.165) is 6.42 Å². The lowest BCUT2D eigenvalue weighted by atomic mass is 9.62. The van der Waals surface area contributed by atoms with Gasteiger partial charge in [-0.15, -0.1) is 11.3 Å². The molecule has 2 N–H and O–H groups in total. The Labute approximate surface area is 198 Å². The minimum atomic E-state index is -4.20. The summed E-state index contributed by atoms with van der Waals surface area (Å²) in [6, 6.07) is -0.411. The summed E-state index contributed by atoms with van der Waals surface area (Å²) in [6.45, 7) is 2.08. The number of aromatic nitrogens is 1. The van der Waals surface area contributed by atoms with E-state index in [1.165, 1.54) is 33.4 Å². The number of rotatable bonds is 11. The van der Waals surface area contributed by atoms with Crippen molar-refractivity contribution in [2.75, 3.05) is 12.3 Å². The molecule has 33 heavy (non-hydrogen) atoms. The van der Waals surface area contributed by atoms with Crippen molar-refractivity contribution in [3.63, 3.8) is 0 Å². The fourth-order valence-corrected chi connectivity index (χ4v) is 6.02. The van der Waals surface area contributed by atoms with Gasteiger partial charge in [-0.05, 0) is 38.0 Å². The Morgan fingerprint density at radius 2 is 2.21 bits per heavy atom. The molecule has 0 bridgehead atoms. The van der Waals surface area contributed by atoms with Crippen molar-refractivity contribution in [2.45, 2.75) is 74.2 Å². The molecule has 1 aliphatic carbocycles. The Bertz CT molecular complexity index is 872. The summed E-state index contributed by atoms with van der Waals surface area (Å²) in [5.41, 5.74) is -0.561. The van der Waals surface area contributed by atoms with E-state index in [0.29, 0.717) is 35.9 Å². The van der Waals surface area contributed by atoms with Crippen molar-refractivity contribution in [3.05, 3.63) is 23.2 Å². The van der Waals surface area contributed by atoms with E-state index in [-0.39, 0.29) is 12.1 Å². The first kappa shape index (κ1) is 25.8. The number of hydrogen-bond acceptors (Lipinski definition) is 7. The normalized spacial score (nSPS) is 23.5. The van der Waals surface area contributed by atoms with Gasteiger partial charge >= 0.3 is 18.2 Å². The number of hydrogen-bond donors (Lipinski definition) is 2. The summed E-state index contributed by atoms with van der Waals surface area (Å²) in [5, 5.41) is 21.2. The number of carboxylic acid groups (broad SMARTS) is 1. The van der Waals surface area contributed by atoms with Gasteiger partial charge in [0.05, 0.1) is 12.1 Å². The summed E-state index contributed by atoms with van der Waals surface area (Å²) >= 11 is 2.55. The first-order valence-electron chi connectivity index (χ1n) is 10.7. The van der Waals surface area contributed by atoms with Crippen LogP contribution in [0.25, 0.3) is 0 Å². The Kier molecular flexibility index (Phi) is 8.33. The number of ether oxygens (including phenoxy) is 1. The zero-order valence-electron chi connectivity index (χ0n) is 18.1. The molecule has 1 aromatic heterocycles. The van der Waals surface area contributed by atoms with Crippen molar-refractivity contribution in [1.82, 2.24) is 9.88 Å². The zero-order chi connectivity index (χ0) is 24.2. The van der Waals surface area contributed by atoms with Gasteiger partial charge in [-0.3, -0.25) is 4.90 Å². The third kappa shape index (κ3) is 6.63. The SMILES string of the molecule is C[C@@H]1OC(=O)N(CCSc2nc(C(=O)O)cs2)[C@H]1C=CC(O)C1(CCCC(F)(F)F)CCC1. The molecule has 0 radical (unpaired) electrons. The van der Waals surface area contributed by atoms with Gasteiger partial charge in [0, 0.05) is 24.1 Å². The average molecular weight is 509 g/mol. The third-order valence-corrected chi connectivity index (χ3v) is 8.23. The Morgan fingerprint density at radius 3 is 2.79 bits per heavy atom. The van der Waals surface area contributed by atoms with Gasteiger partial charge in [0.15, 0.2) is 10.0 Å². The molecule has 1 unspecified atom stereocenters. The van der Waals surface area contributed by atoms with Gasteiger partial charge in [0.2, 0.25) is 0 Å². The highest BCUT2D eigenvalue weighted by Crippen LogP contribution is 2.49. The van der Waals surface area contributed by atoms with Crippen LogP contribution in [0.3, 0.4) is 0 Å². The summed E-state index contributed by atoms with van der Waals surface area (Å²) in [4.78, 5) is 28.7. The van der Waals surface area contributed by atoms with Crippen LogP contribution in [0.2, 0.25) is 0 Å². The van der Waals surface area contributed by atoms with Crippen LogP contribution in [-0.4, -0.2) is 68.9 Å². The summed E-state index contributed by atoms with van der Waals surface area (Å²) < 4.78 is 43.5. The second kappa shape index (κ2) is 10.6. The fourth-order valence-electron chi connectivity index (χ4n) is 4.21. The van der Waals surface area contributed by atoms with E-state index < -0.39 is 48.3 Å². The number of thioether (sulfide) groups is 1. The number of amides is 1. The van der Waals surface area contributed by atoms with E-state index in [9.17, 15) is 27.9 Å². The van der Waals surface area contributed by atoms with Gasteiger partial charge in [-0.25, -0.2) is 14.6 Å². The number of aliphatic hydroxyl groups is 1. The largest absolute Gasteiger partial charge is 0.476 e. The van der Waals surface area contributed by atoms with Crippen LogP contribution in [-0.2, 0) is 4.74 Å². The minimum absolute atomic E-state index is 0.0144. The first-order chi connectivity index (χ1) is 15.5. The molecular formula is C21H27F3N2O5S2. The van der Waals surface area contributed by atoms with Crippen LogP contribution in [0.5, 0.6) is 0 Å². The molecule has 1 saturated carbocycles. The van der Waals surface area contributed by atoms with Crippen LogP contribution >= 0.6 is 23.1 Å². The number of aliphatic hydroxyl groups excluding tert-OH is 1. The van der Waals surface area contributed by atoms with Crippen LogP contribution < -0.4 is 0 Å². The summed E-state index contributed by atoms with van der Waals surface area (Å²) in [7, 11) is 0. The molecule has 3 rings (SSSR count). The van der Waals surface area contributed by atoms with Gasteiger partial charge in [-0.1, -0.05) is 30.3 Å². The molecule has 0 aromatic carbocycles. The van der Waals surface area contributed by atoms with Crippen molar-refractivity contribution >= 4 is 35.2 Å². The molecule has 2 aliphatic rings. The average Bonchev–Trinajstić information content (AvgIpc) is 3.26. The lowest BCUT2D eigenvalue weighted by molar-refractivity contribution is -0.139. The first-order valence-corrected chi connectivity index (χ1v) is 12.6. The predicted octanol–water partition coefficient (Wildman–Crippen LogP) is 4.96. The van der Waals surface area contributed by atoms with E-state index in [2.05, 4.69) is 4.98 Å². The second-order valence-corrected chi connectivity index (χ2v) is 10.6. The molecular weight excluding hydrogens is 481 g/mol. The van der Waals surface area contributed by atoms with Crippen LogP contribution in [0.4, 0.5) is 18.0 Å².